The van der Waals surface area contributed by atoms with Crippen molar-refractivity contribution < 1.29 is 0 Å². The molecule has 0 saturated heterocycles. The molecule has 0 aliphatic carbocycles. The Labute approximate surface area is 121 Å². The summed E-state index contributed by atoms with van der Waals surface area (Å²) in [4.78, 5) is 4.16. The lowest BCUT2D eigenvalue weighted by atomic mass is 10.0. The number of halogens is 1. The van der Waals surface area contributed by atoms with Gasteiger partial charge in [0.15, 0.2) is 0 Å². The molecule has 0 aromatic carbocycles. The van der Waals surface area contributed by atoms with Crippen molar-refractivity contribution in [1.29, 1.82) is 0 Å². The zero-order valence-corrected chi connectivity index (χ0v) is 12.8. The van der Waals surface area contributed by atoms with Gasteiger partial charge in [-0.2, -0.15) is 11.3 Å². The maximum atomic E-state index is 4.16. The zero-order valence-electron chi connectivity index (χ0n) is 10.4. The topological polar surface area (TPSA) is 24.9 Å². The van der Waals surface area contributed by atoms with Gasteiger partial charge in [0.1, 0.15) is 0 Å². The van der Waals surface area contributed by atoms with Gasteiger partial charge >= 0.3 is 0 Å². The maximum Gasteiger partial charge on any atom is 0.0342 e. The summed E-state index contributed by atoms with van der Waals surface area (Å²) < 4.78 is 1.21. The number of hydrogen-bond donors (Lipinski definition) is 1. The van der Waals surface area contributed by atoms with E-state index >= 15 is 0 Å². The average molecular weight is 325 g/mol. The third kappa shape index (κ3) is 3.64. The van der Waals surface area contributed by atoms with Gasteiger partial charge in [-0.1, -0.05) is 13.0 Å². The molecule has 18 heavy (non-hydrogen) atoms. The van der Waals surface area contributed by atoms with E-state index in [4.69, 9.17) is 0 Å². The van der Waals surface area contributed by atoms with E-state index in [1.165, 1.54) is 15.6 Å². The fraction of sp³-hybridized carbons (Fsp3) is 0.357. The number of nitrogens with one attached hydrogen (secondary N) is 1. The maximum absolute atomic E-state index is 4.16. The molecule has 1 unspecified atom stereocenters. The lowest BCUT2D eigenvalue weighted by Gasteiger charge is -2.17. The lowest BCUT2D eigenvalue weighted by Crippen LogP contribution is -2.21. The summed E-state index contributed by atoms with van der Waals surface area (Å²) in [6.45, 7) is 3.14. The van der Waals surface area contributed by atoms with Crippen molar-refractivity contribution in [3.05, 3.63) is 50.9 Å². The highest BCUT2D eigenvalue weighted by molar-refractivity contribution is 9.10. The molecule has 0 radical (unpaired) electrons. The molecule has 2 rings (SSSR count). The number of nitrogens with zero attached hydrogens (tertiary/aromatic N) is 1. The first-order valence-electron chi connectivity index (χ1n) is 6.15. The third-order valence-corrected chi connectivity index (χ3v) is 4.66. The van der Waals surface area contributed by atoms with Crippen molar-refractivity contribution in [3.63, 3.8) is 0 Å². The highest BCUT2D eigenvalue weighted by Crippen LogP contribution is 2.29. The molecule has 2 aromatic rings. The van der Waals surface area contributed by atoms with Crippen molar-refractivity contribution in [1.82, 2.24) is 10.3 Å². The molecule has 2 aromatic heterocycles. The van der Waals surface area contributed by atoms with E-state index in [0.29, 0.717) is 6.04 Å². The monoisotopic (exact) mass is 324 g/mol. The normalized spacial score (nSPS) is 12.6. The average Bonchev–Trinajstić information content (AvgIpc) is 2.82. The molecule has 1 N–H and O–H groups in total. The van der Waals surface area contributed by atoms with Crippen molar-refractivity contribution in [2.45, 2.75) is 25.8 Å². The molecule has 2 heterocycles. The number of pyridine rings is 1. The van der Waals surface area contributed by atoms with E-state index < -0.39 is 0 Å². The second-order valence-electron chi connectivity index (χ2n) is 4.19. The van der Waals surface area contributed by atoms with Crippen LogP contribution < -0.4 is 5.32 Å². The molecule has 0 amide bonds. The van der Waals surface area contributed by atoms with Crippen LogP contribution in [0.4, 0.5) is 0 Å². The van der Waals surface area contributed by atoms with Crippen LogP contribution in [0.5, 0.6) is 0 Å². The first kappa shape index (κ1) is 13.7. The zero-order chi connectivity index (χ0) is 12.8. The summed E-state index contributed by atoms with van der Waals surface area (Å²) in [5.41, 5.74) is 2.66. The van der Waals surface area contributed by atoms with E-state index in [-0.39, 0.29) is 0 Å². The number of hydrogen-bond acceptors (Lipinski definition) is 3. The number of thiophene rings is 1. The minimum absolute atomic E-state index is 0.413. The van der Waals surface area contributed by atoms with E-state index in [9.17, 15) is 0 Å². The predicted octanol–water partition coefficient (Wildman–Crippen LogP) is 4.19. The molecule has 1 atom stereocenters. The Morgan fingerprint density at radius 2 is 2.33 bits per heavy atom. The van der Waals surface area contributed by atoms with Crippen LogP contribution in [0, 0.1) is 0 Å². The van der Waals surface area contributed by atoms with E-state index in [2.05, 4.69) is 50.0 Å². The Morgan fingerprint density at radius 1 is 1.44 bits per heavy atom. The van der Waals surface area contributed by atoms with E-state index in [1.54, 1.807) is 11.3 Å². The van der Waals surface area contributed by atoms with Crippen molar-refractivity contribution in [2.24, 2.45) is 0 Å². The molecule has 0 bridgehead atoms. The minimum Gasteiger partial charge on any atom is -0.310 e. The highest BCUT2D eigenvalue weighted by atomic mass is 79.9. The fourth-order valence-corrected chi connectivity index (χ4v) is 3.64. The summed E-state index contributed by atoms with van der Waals surface area (Å²) in [6.07, 6.45) is 5.91. The molecule has 0 spiro atoms. The smallest absolute Gasteiger partial charge is 0.0342 e. The van der Waals surface area contributed by atoms with Gasteiger partial charge in [-0.25, -0.2) is 0 Å². The quantitative estimate of drug-likeness (QED) is 0.861. The Hall–Kier alpha value is -0.710. The SMILES string of the molecule is CCNC(CCc1cccnc1)c1cscc1Br. The number of aryl methyl sites for hydroxylation is 1. The van der Waals surface area contributed by atoms with Gasteiger partial charge in [-0.05, 0) is 57.9 Å². The molecule has 0 fully saturated rings. The van der Waals surface area contributed by atoms with Crippen LogP contribution in [0.3, 0.4) is 0 Å². The summed E-state index contributed by atoms with van der Waals surface area (Å²) in [6, 6.07) is 4.55. The molecular formula is C14H17BrN2S. The second kappa shape index (κ2) is 7.02. The number of rotatable bonds is 6. The second-order valence-corrected chi connectivity index (χ2v) is 5.78. The van der Waals surface area contributed by atoms with Crippen LogP contribution >= 0.6 is 27.3 Å². The molecule has 0 saturated carbocycles. The molecular weight excluding hydrogens is 308 g/mol. The first-order chi connectivity index (χ1) is 8.81. The van der Waals surface area contributed by atoms with Gasteiger partial charge in [0, 0.05) is 28.3 Å². The van der Waals surface area contributed by atoms with Gasteiger partial charge < -0.3 is 5.32 Å². The highest BCUT2D eigenvalue weighted by Gasteiger charge is 2.14. The summed E-state index contributed by atoms with van der Waals surface area (Å²) in [5.74, 6) is 0. The van der Waals surface area contributed by atoms with Crippen LogP contribution in [-0.4, -0.2) is 11.5 Å². The van der Waals surface area contributed by atoms with Crippen molar-refractivity contribution in [3.8, 4) is 0 Å². The van der Waals surface area contributed by atoms with Crippen LogP contribution in [0.25, 0.3) is 0 Å². The van der Waals surface area contributed by atoms with Gasteiger partial charge in [0.05, 0.1) is 0 Å². The van der Waals surface area contributed by atoms with Gasteiger partial charge in [-0.3, -0.25) is 4.98 Å². The first-order valence-corrected chi connectivity index (χ1v) is 7.88. The standard InChI is InChI=1S/C14H17BrN2S/c1-2-17-14(12-9-18-10-13(12)15)6-5-11-4-3-7-16-8-11/h3-4,7-10,14,17H,2,5-6H2,1H3. The number of aromatic nitrogens is 1. The van der Waals surface area contributed by atoms with Gasteiger partial charge in [0.2, 0.25) is 0 Å². The Morgan fingerprint density at radius 3 is 2.94 bits per heavy atom. The molecule has 0 aliphatic rings. The summed E-state index contributed by atoms with van der Waals surface area (Å²) >= 11 is 5.36. The predicted molar refractivity (Wildman–Crippen MR) is 81.0 cm³/mol. The van der Waals surface area contributed by atoms with Crippen molar-refractivity contribution in [2.75, 3.05) is 6.54 Å². The molecule has 4 heteroatoms. The molecule has 2 nitrogen and oxygen atoms in total. The third-order valence-electron chi connectivity index (χ3n) is 2.91. The minimum atomic E-state index is 0.413. The van der Waals surface area contributed by atoms with Crippen LogP contribution in [0.2, 0.25) is 0 Å². The Kier molecular flexibility index (Phi) is 5.35. The Balaban J connectivity index is 2.01. The van der Waals surface area contributed by atoms with Crippen molar-refractivity contribution >= 4 is 27.3 Å². The van der Waals surface area contributed by atoms with Crippen LogP contribution in [-0.2, 0) is 6.42 Å². The molecule has 96 valence electrons. The molecule has 0 aliphatic heterocycles. The van der Waals surface area contributed by atoms with Crippen LogP contribution in [0.1, 0.15) is 30.5 Å². The van der Waals surface area contributed by atoms with Gasteiger partial charge in [0.25, 0.3) is 0 Å². The summed E-state index contributed by atoms with van der Waals surface area (Å²) in [5, 5.41) is 7.92. The summed E-state index contributed by atoms with van der Waals surface area (Å²) in [7, 11) is 0. The fourth-order valence-electron chi connectivity index (χ4n) is 2.01. The lowest BCUT2D eigenvalue weighted by molar-refractivity contribution is 0.515. The Bertz CT molecular complexity index is 470. The van der Waals surface area contributed by atoms with Gasteiger partial charge in [-0.15, -0.1) is 0 Å². The van der Waals surface area contributed by atoms with E-state index in [1.807, 2.05) is 18.5 Å². The van der Waals surface area contributed by atoms with E-state index in [0.717, 1.165) is 19.4 Å². The largest absolute Gasteiger partial charge is 0.310 e. The van der Waals surface area contributed by atoms with Crippen LogP contribution in [0.15, 0.2) is 39.8 Å².